The molecule has 3 heterocycles. The number of esters is 1. The van der Waals surface area contributed by atoms with Crippen molar-refractivity contribution >= 4 is 23.7 Å². The Morgan fingerprint density at radius 3 is 2.61 bits per heavy atom. The number of morpholine rings is 1. The molecule has 0 aliphatic carbocycles. The smallest absolute Gasteiger partial charge is 0.309 e. The van der Waals surface area contributed by atoms with E-state index in [1.54, 1.807) is 0 Å². The molecule has 0 saturated carbocycles. The largest absolute Gasteiger partial charge is 0.466 e. The molecule has 1 unspecified atom stereocenters. The summed E-state index contributed by atoms with van der Waals surface area (Å²) in [4.78, 5) is 22.0. The highest BCUT2D eigenvalue weighted by Gasteiger charge is 2.41. The quantitative estimate of drug-likeness (QED) is 0.402. The van der Waals surface area contributed by atoms with Crippen LogP contribution in [-0.4, -0.2) is 97.9 Å². The molecule has 0 spiro atoms. The van der Waals surface area contributed by atoms with Crippen molar-refractivity contribution in [2.45, 2.75) is 38.6 Å². The normalized spacial score (nSPS) is 27.8. The molecular formula is C20H36N4O3S. The summed E-state index contributed by atoms with van der Waals surface area (Å²) in [7, 11) is 0. The third-order valence-corrected chi connectivity index (χ3v) is 7.27. The molecule has 0 aromatic carbocycles. The summed E-state index contributed by atoms with van der Waals surface area (Å²) in [6, 6.07) is 0. The molecule has 28 heavy (non-hydrogen) atoms. The monoisotopic (exact) mass is 412 g/mol. The second-order valence-electron chi connectivity index (χ2n) is 7.81. The number of thioether (sulfide) groups is 1. The number of hydrogen-bond acceptors (Lipinski definition) is 6. The van der Waals surface area contributed by atoms with Crippen LogP contribution in [0.4, 0.5) is 0 Å². The first-order chi connectivity index (χ1) is 13.7. The minimum Gasteiger partial charge on any atom is -0.466 e. The summed E-state index contributed by atoms with van der Waals surface area (Å²) in [5.41, 5.74) is 0.165. The maximum Gasteiger partial charge on any atom is 0.309 e. The fraction of sp³-hybridized carbons (Fsp3) is 0.900. The standard InChI is InChI=1S/C20H36N4O3S/c1-3-21-19(23-8-5-17(6-9-23)18(25)27-4-2)22-15-20(7-14-28-16-20)24-10-12-26-13-11-24/h17H,3-16H2,1-2H3,(H,21,22). The minimum atomic E-state index is -0.0432. The second kappa shape index (κ2) is 10.7. The summed E-state index contributed by atoms with van der Waals surface area (Å²) < 4.78 is 10.8. The van der Waals surface area contributed by atoms with E-state index in [0.29, 0.717) is 6.61 Å². The van der Waals surface area contributed by atoms with E-state index >= 15 is 0 Å². The molecule has 7 nitrogen and oxygen atoms in total. The number of carbonyl (C=O) groups is 1. The van der Waals surface area contributed by atoms with Crippen molar-refractivity contribution in [1.82, 2.24) is 15.1 Å². The van der Waals surface area contributed by atoms with Gasteiger partial charge >= 0.3 is 5.97 Å². The number of likely N-dealkylation sites (tertiary alicyclic amines) is 1. The maximum atomic E-state index is 12.0. The van der Waals surface area contributed by atoms with Crippen molar-refractivity contribution < 1.29 is 14.3 Å². The lowest BCUT2D eigenvalue weighted by atomic mass is 9.95. The SMILES string of the molecule is CCNC(=NCC1(N2CCOCC2)CCSC1)N1CCC(C(=O)OCC)CC1. The minimum absolute atomic E-state index is 0.0324. The van der Waals surface area contributed by atoms with E-state index in [2.05, 4.69) is 22.0 Å². The van der Waals surface area contributed by atoms with Gasteiger partial charge < -0.3 is 19.7 Å². The van der Waals surface area contributed by atoms with Gasteiger partial charge in [0.25, 0.3) is 0 Å². The van der Waals surface area contributed by atoms with Crippen LogP contribution in [0.1, 0.15) is 33.1 Å². The van der Waals surface area contributed by atoms with E-state index in [4.69, 9.17) is 14.5 Å². The van der Waals surface area contributed by atoms with Gasteiger partial charge in [0, 0.05) is 38.5 Å². The van der Waals surface area contributed by atoms with E-state index in [0.717, 1.165) is 77.0 Å². The predicted molar refractivity (Wildman–Crippen MR) is 114 cm³/mol. The summed E-state index contributed by atoms with van der Waals surface area (Å²) in [5.74, 6) is 3.35. The molecule has 0 radical (unpaired) electrons. The van der Waals surface area contributed by atoms with Gasteiger partial charge in [-0.1, -0.05) is 0 Å². The molecule has 8 heteroatoms. The third-order valence-electron chi connectivity index (χ3n) is 6.04. The third kappa shape index (κ3) is 5.33. The highest BCUT2D eigenvalue weighted by atomic mass is 32.2. The molecule has 3 aliphatic heterocycles. The van der Waals surface area contributed by atoms with Gasteiger partial charge in [0.05, 0.1) is 37.8 Å². The Labute approximate surface area is 173 Å². The zero-order chi connectivity index (χ0) is 19.8. The number of nitrogens with one attached hydrogen (secondary N) is 1. The van der Waals surface area contributed by atoms with Crippen LogP contribution in [0.15, 0.2) is 4.99 Å². The van der Waals surface area contributed by atoms with Crippen molar-refractivity contribution in [3.8, 4) is 0 Å². The molecule has 3 rings (SSSR count). The van der Waals surface area contributed by atoms with Crippen LogP contribution < -0.4 is 5.32 Å². The number of hydrogen-bond donors (Lipinski definition) is 1. The lowest BCUT2D eigenvalue weighted by Gasteiger charge is -2.42. The Bertz CT molecular complexity index is 526. The number of piperidine rings is 1. The van der Waals surface area contributed by atoms with Gasteiger partial charge in [0.2, 0.25) is 0 Å². The Morgan fingerprint density at radius 1 is 1.25 bits per heavy atom. The topological polar surface area (TPSA) is 66.4 Å². The predicted octanol–water partition coefficient (Wildman–Crippen LogP) is 1.43. The van der Waals surface area contributed by atoms with E-state index in [9.17, 15) is 4.79 Å². The van der Waals surface area contributed by atoms with Crippen molar-refractivity contribution in [2.75, 3.05) is 70.6 Å². The Kier molecular flexibility index (Phi) is 8.29. The van der Waals surface area contributed by atoms with Gasteiger partial charge in [-0.3, -0.25) is 14.7 Å². The molecule has 1 atom stereocenters. The first kappa shape index (κ1) is 21.7. The summed E-state index contributed by atoms with van der Waals surface area (Å²) in [6.45, 7) is 11.5. The van der Waals surface area contributed by atoms with Crippen LogP contribution >= 0.6 is 11.8 Å². The molecular weight excluding hydrogens is 376 g/mol. The van der Waals surface area contributed by atoms with Crippen molar-refractivity contribution in [3.63, 3.8) is 0 Å². The van der Waals surface area contributed by atoms with Gasteiger partial charge in [0.15, 0.2) is 5.96 Å². The van der Waals surface area contributed by atoms with E-state index in [1.807, 2.05) is 18.7 Å². The second-order valence-corrected chi connectivity index (χ2v) is 8.92. The maximum absolute atomic E-state index is 12.0. The van der Waals surface area contributed by atoms with Crippen LogP contribution in [-0.2, 0) is 14.3 Å². The molecule has 0 aromatic rings. The lowest BCUT2D eigenvalue weighted by Crippen LogP contribution is -2.56. The lowest BCUT2D eigenvalue weighted by molar-refractivity contribution is -0.149. The van der Waals surface area contributed by atoms with Crippen molar-refractivity contribution in [3.05, 3.63) is 0 Å². The van der Waals surface area contributed by atoms with Crippen LogP contribution in [0.2, 0.25) is 0 Å². The number of aliphatic imine (C=N–C) groups is 1. The average Bonchev–Trinajstić information content (AvgIpc) is 3.22. The first-order valence-corrected chi connectivity index (χ1v) is 11.9. The molecule has 3 saturated heterocycles. The van der Waals surface area contributed by atoms with Crippen LogP contribution in [0.5, 0.6) is 0 Å². The fourth-order valence-electron chi connectivity index (χ4n) is 4.34. The molecule has 1 N–H and O–H groups in total. The Hall–Kier alpha value is -0.990. The van der Waals surface area contributed by atoms with Gasteiger partial charge in [-0.25, -0.2) is 0 Å². The zero-order valence-corrected chi connectivity index (χ0v) is 18.3. The summed E-state index contributed by atoms with van der Waals surface area (Å²) >= 11 is 2.05. The van der Waals surface area contributed by atoms with Gasteiger partial charge in [0.1, 0.15) is 0 Å². The number of carbonyl (C=O) groups excluding carboxylic acids is 1. The zero-order valence-electron chi connectivity index (χ0n) is 17.5. The van der Waals surface area contributed by atoms with Gasteiger partial charge in [-0.2, -0.15) is 11.8 Å². The highest BCUT2D eigenvalue weighted by molar-refractivity contribution is 7.99. The Morgan fingerprint density at radius 2 is 2.00 bits per heavy atom. The van der Waals surface area contributed by atoms with Crippen LogP contribution in [0.3, 0.4) is 0 Å². The fourth-order valence-corrected chi connectivity index (χ4v) is 5.81. The summed E-state index contributed by atoms with van der Waals surface area (Å²) in [5, 5.41) is 3.48. The van der Waals surface area contributed by atoms with E-state index in [-0.39, 0.29) is 17.4 Å². The number of rotatable bonds is 6. The van der Waals surface area contributed by atoms with Crippen molar-refractivity contribution in [1.29, 1.82) is 0 Å². The molecule has 3 fully saturated rings. The van der Waals surface area contributed by atoms with Gasteiger partial charge in [-0.15, -0.1) is 0 Å². The number of guanidine groups is 1. The number of nitrogens with zero attached hydrogens (tertiary/aromatic N) is 3. The highest BCUT2D eigenvalue weighted by Crippen LogP contribution is 2.34. The molecule has 0 amide bonds. The van der Waals surface area contributed by atoms with Crippen LogP contribution in [0, 0.1) is 5.92 Å². The van der Waals surface area contributed by atoms with Crippen molar-refractivity contribution in [2.24, 2.45) is 10.9 Å². The molecule has 0 aromatic heterocycles. The van der Waals surface area contributed by atoms with E-state index in [1.165, 1.54) is 12.2 Å². The van der Waals surface area contributed by atoms with Crippen LogP contribution in [0.25, 0.3) is 0 Å². The molecule has 0 bridgehead atoms. The Balaban J connectivity index is 1.62. The first-order valence-electron chi connectivity index (χ1n) is 10.8. The van der Waals surface area contributed by atoms with E-state index < -0.39 is 0 Å². The molecule has 3 aliphatic rings. The van der Waals surface area contributed by atoms with Gasteiger partial charge in [-0.05, 0) is 38.9 Å². The average molecular weight is 413 g/mol. The number of ether oxygens (including phenoxy) is 2. The molecule has 160 valence electrons. The summed E-state index contributed by atoms with van der Waals surface area (Å²) in [6.07, 6.45) is 2.88.